The molecule has 2 N–H and O–H groups in total. The van der Waals surface area contributed by atoms with Gasteiger partial charge in [-0.15, -0.1) is 0 Å². The summed E-state index contributed by atoms with van der Waals surface area (Å²) in [5.74, 6) is -3.41. The fourth-order valence-electron chi connectivity index (χ4n) is 4.94. The maximum absolute atomic E-state index is 13.6. The van der Waals surface area contributed by atoms with E-state index in [0.717, 1.165) is 12.1 Å². The van der Waals surface area contributed by atoms with Gasteiger partial charge in [0.15, 0.2) is 18.2 Å². The zero-order valence-electron chi connectivity index (χ0n) is 24.9. The fraction of sp³-hybridized carbons (Fsp3) is 0.281. The average Bonchev–Trinajstić information content (AvgIpc) is 3.37. The topological polar surface area (TPSA) is 144 Å². The first kappa shape index (κ1) is 31.9. The first-order valence-electron chi connectivity index (χ1n) is 14.4. The summed E-state index contributed by atoms with van der Waals surface area (Å²) in [4.78, 5) is 65.8. The number of fused-ring (bicyclic) bond motifs is 1. The van der Waals surface area contributed by atoms with Crippen LogP contribution >= 0.6 is 0 Å². The van der Waals surface area contributed by atoms with Crippen molar-refractivity contribution in [1.82, 2.24) is 15.1 Å². The molecule has 1 saturated heterocycles. The lowest BCUT2D eigenvalue weighted by atomic mass is 10.0. The Morgan fingerprint density at radius 3 is 2.46 bits per heavy atom. The fourth-order valence-corrected chi connectivity index (χ4v) is 4.94. The Hall–Kier alpha value is -5.53. The van der Waals surface area contributed by atoms with E-state index in [0.29, 0.717) is 29.1 Å². The van der Waals surface area contributed by atoms with Crippen molar-refractivity contribution in [2.45, 2.75) is 39.0 Å². The van der Waals surface area contributed by atoms with Crippen LogP contribution in [0.2, 0.25) is 0 Å². The van der Waals surface area contributed by atoms with E-state index >= 15 is 0 Å². The van der Waals surface area contributed by atoms with E-state index in [-0.39, 0.29) is 55.6 Å². The molecule has 12 nitrogen and oxygen atoms in total. The summed E-state index contributed by atoms with van der Waals surface area (Å²) < 4.78 is 43.4. The number of imide groups is 1. The number of hydrogen-bond donors (Lipinski definition) is 2. The van der Waals surface area contributed by atoms with Crippen molar-refractivity contribution >= 4 is 35.4 Å². The van der Waals surface area contributed by atoms with E-state index in [1.54, 1.807) is 26.1 Å². The molecule has 14 heteroatoms. The SMILES string of the molecule is CCN(C)C(=O)COc1c(COC(=O)Nc2ccc(Oc3ccc(F)c(F)c3)cc2)ccc2c1C(=O)N(C1CCC(=O)NC1=O)C2. The first-order valence-corrected chi connectivity index (χ1v) is 14.4. The van der Waals surface area contributed by atoms with E-state index in [1.807, 2.05) is 0 Å². The number of rotatable bonds is 10. The third kappa shape index (κ3) is 7.06. The number of ether oxygens (including phenoxy) is 3. The van der Waals surface area contributed by atoms with Gasteiger partial charge < -0.3 is 24.0 Å². The standard InChI is InChI=1S/C32H30F2N4O8/c1-3-37(2)27(40)17-44-29-19(5-4-18-15-38(31(42)28(18)29)25-12-13-26(39)36-30(25)41)16-45-32(43)35-20-6-8-21(9-7-20)46-22-10-11-23(33)24(34)14-22/h4-11,14,25H,3,12-13,15-17H2,1-2H3,(H,35,43)(H,36,39,41). The molecule has 2 heterocycles. The number of likely N-dealkylation sites (N-methyl/N-ethyl adjacent to an activating group) is 1. The summed E-state index contributed by atoms with van der Waals surface area (Å²) in [6.07, 6.45) is -0.566. The van der Waals surface area contributed by atoms with E-state index in [1.165, 1.54) is 40.1 Å². The van der Waals surface area contributed by atoms with E-state index in [2.05, 4.69) is 10.6 Å². The molecular formula is C32H30F2N4O8. The van der Waals surface area contributed by atoms with Gasteiger partial charge in [0.2, 0.25) is 11.8 Å². The minimum absolute atomic E-state index is 0.0571. The molecule has 0 aliphatic carbocycles. The molecule has 0 saturated carbocycles. The number of nitrogens with zero attached hydrogens (tertiary/aromatic N) is 2. The largest absolute Gasteiger partial charge is 0.482 e. The molecule has 0 spiro atoms. The van der Waals surface area contributed by atoms with Crippen LogP contribution in [-0.4, -0.2) is 65.8 Å². The molecule has 240 valence electrons. The molecule has 2 aliphatic rings. The molecule has 3 aromatic carbocycles. The van der Waals surface area contributed by atoms with Crippen molar-refractivity contribution in [3.8, 4) is 17.2 Å². The number of carbonyl (C=O) groups excluding carboxylic acids is 5. The smallest absolute Gasteiger partial charge is 0.411 e. The number of amides is 5. The van der Waals surface area contributed by atoms with Crippen LogP contribution < -0.4 is 20.1 Å². The Morgan fingerprint density at radius 1 is 1.02 bits per heavy atom. The lowest BCUT2D eigenvalue weighted by Crippen LogP contribution is -2.52. The summed E-state index contributed by atoms with van der Waals surface area (Å²) in [6, 6.07) is 11.6. The molecule has 3 aromatic rings. The number of hydrogen-bond acceptors (Lipinski definition) is 8. The van der Waals surface area contributed by atoms with Crippen molar-refractivity contribution in [2.75, 3.05) is 25.5 Å². The highest BCUT2D eigenvalue weighted by molar-refractivity contribution is 6.06. The third-order valence-electron chi connectivity index (χ3n) is 7.55. The van der Waals surface area contributed by atoms with Crippen molar-refractivity contribution in [3.63, 3.8) is 0 Å². The Bertz CT molecular complexity index is 1700. The summed E-state index contributed by atoms with van der Waals surface area (Å²) in [5.41, 5.74) is 1.36. The average molecular weight is 637 g/mol. The Morgan fingerprint density at radius 2 is 1.76 bits per heavy atom. The van der Waals surface area contributed by atoms with Crippen LogP contribution in [0.4, 0.5) is 19.3 Å². The van der Waals surface area contributed by atoms with Crippen LogP contribution in [0.25, 0.3) is 0 Å². The maximum Gasteiger partial charge on any atom is 0.411 e. The highest BCUT2D eigenvalue weighted by atomic mass is 19.2. The lowest BCUT2D eigenvalue weighted by molar-refractivity contribution is -0.137. The van der Waals surface area contributed by atoms with Gasteiger partial charge in [0.1, 0.15) is 29.9 Å². The molecule has 1 unspecified atom stereocenters. The summed E-state index contributed by atoms with van der Waals surface area (Å²) in [5, 5.41) is 4.81. The lowest BCUT2D eigenvalue weighted by Gasteiger charge is -2.29. The predicted octanol–water partition coefficient (Wildman–Crippen LogP) is 4.12. The monoisotopic (exact) mass is 636 g/mol. The van der Waals surface area contributed by atoms with Gasteiger partial charge in [0, 0.05) is 43.9 Å². The molecule has 46 heavy (non-hydrogen) atoms. The van der Waals surface area contributed by atoms with Crippen LogP contribution in [0.15, 0.2) is 54.6 Å². The Labute approximate surface area is 262 Å². The third-order valence-corrected chi connectivity index (χ3v) is 7.55. The van der Waals surface area contributed by atoms with Crippen LogP contribution in [0.5, 0.6) is 17.2 Å². The normalized spacial score (nSPS) is 15.6. The van der Waals surface area contributed by atoms with Crippen molar-refractivity contribution in [3.05, 3.63) is 82.9 Å². The molecule has 0 bridgehead atoms. The van der Waals surface area contributed by atoms with Crippen molar-refractivity contribution in [1.29, 1.82) is 0 Å². The van der Waals surface area contributed by atoms with Crippen molar-refractivity contribution in [2.24, 2.45) is 0 Å². The molecule has 2 aliphatic heterocycles. The molecule has 0 aromatic heterocycles. The number of piperidine rings is 1. The van der Waals surface area contributed by atoms with E-state index < -0.39 is 41.5 Å². The van der Waals surface area contributed by atoms with Crippen LogP contribution in [-0.2, 0) is 32.3 Å². The van der Waals surface area contributed by atoms with Gasteiger partial charge in [-0.25, -0.2) is 13.6 Å². The van der Waals surface area contributed by atoms with Gasteiger partial charge in [-0.2, -0.15) is 0 Å². The van der Waals surface area contributed by atoms with Crippen LogP contribution in [0, 0.1) is 11.6 Å². The molecule has 0 radical (unpaired) electrons. The van der Waals surface area contributed by atoms with Crippen LogP contribution in [0.1, 0.15) is 41.3 Å². The van der Waals surface area contributed by atoms with E-state index in [4.69, 9.17) is 14.2 Å². The second-order valence-corrected chi connectivity index (χ2v) is 10.6. The zero-order chi connectivity index (χ0) is 33.0. The molecule has 5 rings (SSSR count). The molecule has 1 fully saturated rings. The summed E-state index contributed by atoms with van der Waals surface area (Å²) in [6.45, 7) is 1.62. The summed E-state index contributed by atoms with van der Waals surface area (Å²) in [7, 11) is 1.60. The number of benzene rings is 3. The van der Waals surface area contributed by atoms with Crippen LogP contribution in [0.3, 0.4) is 0 Å². The molecule has 1 atom stereocenters. The highest BCUT2D eigenvalue weighted by Crippen LogP contribution is 2.37. The first-order chi connectivity index (χ1) is 22.0. The predicted molar refractivity (Wildman–Crippen MR) is 158 cm³/mol. The highest BCUT2D eigenvalue weighted by Gasteiger charge is 2.41. The summed E-state index contributed by atoms with van der Waals surface area (Å²) >= 11 is 0. The Kier molecular flexibility index (Phi) is 9.45. The number of anilines is 1. The van der Waals surface area contributed by atoms with Gasteiger partial charge in [0.25, 0.3) is 11.8 Å². The van der Waals surface area contributed by atoms with Gasteiger partial charge in [-0.1, -0.05) is 12.1 Å². The van der Waals surface area contributed by atoms with E-state index in [9.17, 15) is 32.8 Å². The second kappa shape index (κ2) is 13.6. The molecule has 5 amide bonds. The van der Waals surface area contributed by atoms with Gasteiger partial charge in [-0.3, -0.25) is 29.8 Å². The minimum atomic E-state index is -1.05. The zero-order valence-corrected chi connectivity index (χ0v) is 24.9. The molecular weight excluding hydrogens is 606 g/mol. The van der Waals surface area contributed by atoms with Gasteiger partial charge in [-0.05, 0) is 55.3 Å². The number of nitrogens with one attached hydrogen (secondary N) is 2. The Balaban J connectivity index is 1.28. The number of carbonyl (C=O) groups is 5. The minimum Gasteiger partial charge on any atom is -0.482 e. The van der Waals surface area contributed by atoms with Gasteiger partial charge in [0.05, 0.1) is 5.56 Å². The maximum atomic E-state index is 13.6. The van der Waals surface area contributed by atoms with Gasteiger partial charge >= 0.3 is 6.09 Å². The second-order valence-electron chi connectivity index (χ2n) is 10.6. The van der Waals surface area contributed by atoms with Crippen molar-refractivity contribution < 1.29 is 47.0 Å². The quantitative estimate of drug-likeness (QED) is 0.317. The number of halogens is 2.